The van der Waals surface area contributed by atoms with E-state index in [1.807, 2.05) is 0 Å². The van der Waals surface area contributed by atoms with Crippen LogP contribution in [0.3, 0.4) is 0 Å². The molecule has 32 heavy (non-hydrogen) atoms. The number of aliphatic carboxylic acids is 1. The number of ether oxygens (including phenoxy) is 1. The minimum absolute atomic E-state index is 0.0163. The van der Waals surface area contributed by atoms with E-state index < -0.39 is 28.9 Å². The van der Waals surface area contributed by atoms with Gasteiger partial charge in [-0.3, -0.25) is 14.5 Å². The number of carbonyl (C=O) groups excluding carboxylic acids is 2. The van der Waals surface area contributed by atoms with Crippen LogP contribution in [0.1, 0.15) is 0 Å². The van der Waals surface area contributed by atoms with Crippen LogP contribution in [0.25, 0.3) is 0 Å². The molecule has 13 nitrogen and oxygen atoms in total. The maximum Gasteiger partial charge on any atom is 0.352 e. The van der Waals surface area contributed by atoms with Gasteiger partial charge in [0.2, 0.25) is 11.1 Å². The van der Waals surface area contributed by atoms with E-state index in [1.165, 1.54) is 41.6 Å². The van der Waals surface area contributed by atoms with E-state index in [-0.39, 0.29) is 11.4 Å². The highest BCUT2D eigenvalue weighted by Crippen LogP contribution is 2.47. The second-order valence-corrected chi connectivity index (χ2v) is 9.59. The summed E-state index contributed by atoms with van der Waals surface area (Å²) in [4.78, 5) is 38.7. The first kappa shape index (κ1) is 22.6. The molecule has 2 aliphatic rings. The molecule has 1 saturated heterocycles. The van der Waals surface area contributed by atoms with Gasteiger partial charge >= 0.3 is 5.97 Å². The molecule has 2 N–H and O–H groups in total. The van der Waals surface area contributed by atoms with Gasteiger partial charge in [0.1, 0.15) is 22.4 Å². The number of aromatic nitrogens is 5. The SMILES string of the molecule is CO[C@@]1(NC(=O)CSc2ccon2)C(=O)N2C(C(=O)O)=C(CSc3nnnn3C)CS[C@@H]21. The maximum atomic E-state index is 13.1. The molecule has 0 unspecified atom stereocenters. The molecular formula is C16H17N7O6S3. The molecule has 0 aromatic carbocycles. The Morgan fingerprint density at radius 2 is 2.28 bits per heavy atom. The molecule has 1 fully saturated rings. The summed E-state index contributed by atoms with van der Waals surface area (Å²) >= 11 is 3.72. The number of hydrogen-bond donors (Lipinski definition) is 2. The van der Waals surface area contributed by atoms with Crippen molar-refractivity contribution in [2.24, 2.45) is 7.05 Å². The molecule has 2 atom stereocenters. The number of hydrogen-bond acceptors (Lipinski definition) is 12. The lowest BCUT2D eigenvalue weighted by atomic mass is 9.98. The Kier molecular flexibility index (Phi) is 6.45. The molecule has 0 spiro atoms. The van der Waals surface area contributed by atoms with Gasteiger partial charge in [-0.05, 0) is 16.0 Å². The van der Waals surface area contributed by atoms with Crippen molar-refractivity contribution in [2.75, 3.05) is 24.4 Å². The smallest absolute Gasteiger partial charge is 0.352 e. The first-order chi connectivity index (χ1) is 15.4. The lowest BCUT2D eigenvalue weighted by molar-refractivity contribution is -0.192. The lowest BCUT2D eigenvalue weighted by Gasteiger charge is -2.55. The minimum Gasteiger partial charge on any atom is -0.477 e. The maximum absolute atomic E-state index is 13.1. The second kappa shape index (κ2) is 9.13. The predicted octanol–water partition coefficient (Wildman–Crippen LogP) is -0.205. The van der Waals surface area contributed by atoms with Gasteiger partial charge in [0, 0.05) is 31.7 Å². The van der Waals surface area contributed by atoms with Crippen LogP contribution in [0.5, 0.6) is 0 Å². The first-order valence-corrected chi connectivity index (χ1v) is 12.0. The molecule has 16 heteroatoms. The molecule has 0 aliphatic carbocycles. The van der Waals surface area contributed by atoms with Crippen LogP contribution in [0.15, 0.2) is 38.3 Å². The van der Waals surface area contributed by atoms with Crippen molar-refractivity contribution in [1.82, 2.24) is 35.6 Å². The van der Waals surface area contributed by atoms with E-state index in [2.05, 4.69) is 26.0 Å². The lowest BCUT2D eigenvalue weighted by Crippen LogP contribution is -2.80. The number of fused-ring (bicyclic) bond motifs is 1. The third kappa shape index (κ3) is 3.98. The largest absolute Gasteiger partial charge is 0.477 e. The first-order valence-electron chi connectivity index (χ1n) is 9.02. The minimum atomic E-state index is -1.64. The standard InChI is InChI=1S/C16H17N7O6S3/c1-22-15(18-20-21-22)32-6-8-5-31-14-16(28-2,13(27)23(14)11(8)12(25)26)17-9(24)7-30-10-3-4-29-19-10/h3-4,14H,5-7H2,1-2H3,(H,17,24)(H,25,26)/t14-,16+/m1/s1. The third-order valence-electron chi connectivity index (χ3n) is 4.68. The van der Waals surface area contributed by atoms with E-state index in [9.17, 15) is 19.5 Å². The van der Waals surface area contributed by atoms with Crippen molar-refractivity contribution < 1.29 is 28.8 Å². The molecule has 4 rings (SSSR count). The number of carbonyl (C=O) groups is 3. The van der Waals surface area contributed by atoms with Crippen molar-refractivity contribution in [2.45, 2.75) is 21.3 Å². The zero-order valence-corrected chi connectivity index (χ0v) is 19.2. The van der Waals surface area contributed by atoms with Gasteiger partial charge in [0.15, 0.2) is 0 Å². The summed E-state index contributed by atoms with van der Waals surface area (Å²) in [6.45, 7) is 0. The van der Waals surface area contributed by atoms with Gasteiger partial charge in [-0.2, -0.15) is 0 Å². The molecule has 2 aromatic rings. The zero-order valence-electron chi connectivity index (χ0n) is 16.7. The highest BCUT2D eigenvalue weighted by Gasteiger charge is 2.66. The van der Waals surface area contributed by atoms with Crippen LogP contribution in [0, 0.1) is 0 Å². The number of nitrogens with zero attached hydrogens (tertiary/aromatic N) is 6. The quantitative estimate of drug-likeness (QED) is 0.265. The Bertz CT molecular complexity index is 1070. The van der Waals surface area contributed by atoms with Gasteiger partial charge in [0.25, 0.3) is 11.6 Å². The number of aryl methyl sites for hydroxylation is 1. The van der Waals surface area contributed by atoms with E-state index in [1.54, 1.807) is 13.1 Å². The van der Waals surface area contributed by atoms with Crippen molar-refractivity contribution in [3.63, 3.8) is 0 Å². The van der Waals surface area contributed by atoms with Crippen molar-refractivity contribution >= 4 is 53.1 Å². The van der Waals surface area contributed by atoms with Crippen LogP contribution in [-0.2, 0) is 26.2 Å². The summed E-state index contributed by atoms with van der Waals surface area (Å²) in [5.41, 5.74) is -1.20. The van der Waals surface area contributed by atoms with Crippen LogP contribution < -0.4 is 5.32 Å². The average molecular weight is 500 g/mol. The normalized spacial score (nSPS) is 22.5. The Hall–Kier alpha value is -2.56. The van der Waals surface area contributed by atoms with Gasteiger partial charge < -0.3 is 19.7 Å². The fourth-order valence-electron chi connectivity index (χ4n) is 3.21. The van der Waals surface area contributed by atoms with Crippen LogP contribution in [-0.4, -0.2) is 88.6 Å². The fraction of sp³-hybridized carbons (Fsp3) is 0.438. The summed E-state index contributed by atoms with van der Waals surface area (Å²) in [7, 11) is 2.98. The molecule has 2 aromatic heterocycles. The number of amides is 2. The van der Waals surface area contributed by atoms with Crippen LogP contribution in [0.4, 0.5) is 0 Å². The van der Waals surface area contributed by atoms with E-state index >= 15 is 0 Å². The number of thioether (sulfide) groups is 3. The average Bonchev–Trinajstić information content (AvgIpc) is 3.45. The molecular weight excluding hydrogens is 482 g/mol. The number of tetrazole rings is 1. The van der Waals surface area contributed by atoms with Crippen LogP contribution >= 0.6 is 35.3 Å². The third-order valence-corrected chi connectivity index (χ3v) is 8.07. The van der Waals surface area contributed by atoms with Crippen LogP contribution in [0.2, 0.25) is 0 Å². The van der Waals surface area contributed by atoms with Gasteiger partial charge in [0.05, 0.1) is 5.75 Å². The molecule has 0 radical (unpaired) electrons. The number of nitrogens with one attached hydrogen (secondary N) is 1. The van der Waals surface area contributed by atoms with Gasteiger partial charge in [-0.1, -0.05) is 28.7 Å². The molecule has 2 aliphatic heterocycles. The van der Waals surface area contributed by atoms with Gasteiger partial charge in [-0.25, -0.2) is 9.48 Å². The summed E-state index contributed by atoms with van der Waals surface area (Å²) in [6, 6.07) is 1.61. The summed E-state index contributed by atoms with van der Waals surface area (Å²) in [5, 5.41) is 27.6. The molecule has 2 amide bonds. The number of carboxylic acid groups (broad SMARTS) is 1. The molecule has 170 valence electrons. The Morgan fingerprint density at radius 3 is 2.91 bits per heavy atom. The molecule has 4 heterocycles. The number of carboxylic acids is 1. The number of β-lactam (4-membered cyclic amide) rings is 1. The van der Waals surface area contributed by atoms with Crippen molar-refractivity contribution in [3.8, 4) is 0 Å². The fourth-order valence-corrected chi connectivity index (χ4v) is 6.23. The predicted molar refractivity (Wildman–Crippen MR) is 112 cm³/mol. The summed E-state index contributed by atoms with van der Waals surface area (Å²) in [5.74, 6) is -1.71. The second-order valence-electron chi connectivity index (χ2n) is 6.58. The van der Waals surface area contributed by atoms with Crippen molar-refractivity contribution in [3.05, 3.63) is 23.6 Å². The number of rotatable bonds is 9. The number of methoxy groups -OCH3 is 1. The Balaban J connectivity index is 1.49. The highest BCUT2D eigenvalue weighted by molar-refractivity contribution is 8.01. The molecule has 0 saturated carbocycles. The molecule has 0 bridgehead atoms. The van der Waals surface area contributed by atoms with E-state index in [0.717, 1.165) is 16.7 Å². The Morgan fingerprint density at radius 1 is 1.47 bits per heavy atom. The monoisotopic (exact) mass is 499 g/mol. The highest BCUT2D eigenvalue weighted by atomic mass is 32.2. The summed E-state index contributed by atoms with van der Waals surface area (Å²) < 4.78 is 11.6. The topological polar surface area (TPSA) is 166 Å². The van der Waals surface area contributed by atoms with Gasteiger partial charge in [-0.15, -0.1) is 16.9 Å². The Labute approximate surface area is 193 Å². The van der Waals surface area contributed by atoms with E-state index in [0.29, 0.717) is 27.3 Å². The zero-order chi connectivity index (χ0) is 22.9. The van der Waals surface area contributed by atoms with E-state index in [4.69, 9.17) is 9.26 Å². The van der Waals surface area contributed by atoms with Crippen molar-refractivity contribution in [1.29, 1.82) is 0 Å². The summed E-state index contributed by atoms with van der Waals surface area (Å²) in [6.07, 6.45) is 1.39.